The Bertz CT molecular complexity index is 1630. The summed E-state index contributed by atoms with van der Waals surface area (Å²) in [6, 6.07) is 19.2. The van der Waals surface area contributed by atoms with Crippen molar-refractivity contribution in [3.63, 3.8) is 0 Å². The molecule has 7 nitrogen and oxygen atoms in total. The molecule has 0 aliphatic heterocycles. The molecule has 0 spiro atoms. The lowest BCUT2D eigenvalue weighted by atomic mass is 10.0. The van der Waals surface area contributed by atoms with Gasteiger partial charge in [-0.3, -0.25) is 0 Å². The number of rotatable bonds is 20. The van der Waals surface area contributed by atoms with Crippen LogP contribution in [0.2, 0.25) is 0 Å². The van der Waals surface area contributed by atoms with Crippen molar-refractivity contribution in [2.24, 2.45) is 0 Å². The first-order valence-corrected chi connectivity index (χ1v) is 20.8. The first-order chi connectivity index (χ1) is 26.6. The third kappa shape index (κ3) is 19.4. The monoisotopic (exact) mass is 756 g/mol. The molecule has 4 rings (SSSR count). The fourth-order valence-electron chi connectivity index (χ4n) is 5.74. The second-order valence-corrected chi connectivity index (χ2v) is 13.9. The fraction of sp³-hybridized carbons (Fsp3) is 0.521. The number of aliphatic hydroxyl groups excluding tert-OH is 1. The predicted octanol–water partition coefficient (Wildman–Crippen LogP) is 13.2. The van der Waals surface area contributed by atoms with Crippen molar-refractivity contribution in [3.05, 3.63) is 89.5 Å². The summed E-state index contributed by atoms with van der Waals surface area (Å²) in [6.07, 6.45) is 13.4. The van der Waals surface area contributed by atoms with Gasteiger partial charge >= 0.3 is 0 Å². The highest BCUT2D eigenvalue weighted by Crippen LogP contribution is 2.34. The standard InChI is InChI=1S/C40H53N3O4.C4H8.2C2H6/c1-5-6-7-8-9-10-11-12-13-14-17-24-46-27-32(44)28-47-33-21-23-36(37(45)26-33)40-42-38(34-19-16-15-18-30(34)3)41-39(43-40)35-22-20-29(2)25-31(35)4;1-4(2)3;2*1-2/h15-16,18-23,25-26,32,44-45H,5-14,17,24,27-28H2,1-4H3;1H2,2-3H3;2*1-2H3. The van der Waals surface area contributed by atoms with Crippen LogP contribution in [0.5, 0.6) is 11.5 Å². The molecule has 0 radical (unpaired) electrons. The van der Waals surface area contributed by atoms with Crippen molar-refractivity contribution >= 4 is 0 Å². The van der Waals surface area contributed by atoms with Crippen molar-refractivity contribution in [2.75, 3.05) is 19.8 Å². The Hall–Kier alpha value is -4.07. The molecule has 3 aromatic carbocycles. The summed E-state index contributed by atoms with van der Waals surface area (Å²) in [4.78, 5) is 14.4. The molecular weight excluding hydrogens is 683 g/mol. The molecule has 1 heterocycles. The topological polar surface area (TPSA) is 97.6 Å². The van der Waals surface area contributed by atoms with Gasteiger partial charge in [-0.2, -0.15) is 0 Å². The van der Waals surface area contributed by atoms with Gasteiger partial charge in [0.25, 0.3) is 0 Å². The third-order valence-electron chi connectivity index (χ3n) is 8.50. The molecule has 2 N–H and O–H groups in total. The number of hydrogen-bond donors (Lipinski definition) is 2. The molecule has 0 aliphatic carbocycles. The van der Waals surface area contributed by atoms with Gasteiger partial charge in [-0.1, -0.05) is 152 Å². The van der Waals surface area contributed by atoms with Crippen LogP contribution in [0.25, 0.3) is 34.2 Å². The number of ether oxygens (including phenoxy) is 2. The van der Waals surface area contributed by atoms with Crippen molar-refractivity contribution in [2.45, 2.75) is 146 Å². The van der Waals surface area contributed by atoms with Gasteiger partial charge in [-0.25, -0.2) is 15.0 Å². The van der Waals surface area contributed by atoms with E-state index < -0.39 is 6.10 Å². The second kappa shape index (κ2) is 29.2. The van der Waals surface area contributed by atoms with Gasteiger partial charge in [0.2, 0.25) is 0 Å². The number of nitrogens with zero attached hydrogens (tertiary/aromatic N) is 3. The van der Waals surface area contributed by atoms with Crippen molar-refractivity contribution in [1.82, 2.24) is 15.0 Å². The zero-order valence-electron chi connectivity index (χ0n) is 36.0. The van der Waals surface area contributed by atoms with Gasteiger partial charge in [0, 0.05) is 23.8 Å². The molecule has 0 aliphatic rings. The molecule has 0 fully saturated rings. The van der Waals surface area contributed by atoms with E-state index >= 15 is 0 Å². The summed E-state index contributed by atoms with van der Waals surface area (Å²) in [6.45, 7) is 24.8. The second-order valence-electron chi connectivity index (χ2n) is 13.9. The van der Waals surface area contributed by atoms with Crippen LogP contribution in [0.4, 0.5) is 0 Å². The first kappa shape index (κ1) is 48.9. The van der Waals surface area contributed by atoms with Gasteiger partial charge in [-0.05, 0) is 64.3 Å². The van der Waals surface area contributed by atoms with Crippen LogP contribution in [0, 0.1) is 20.8 Å². The number of allylic oxidation sites excluding steroid dienone is 1. The molecule has 0 bridgehead atoms. The number of aliphatic hydroxyl groups is 1. The maximum atomic E-state index is 11.0. The Balaban J connectivity index is 0.00000175. The van der Waals surface area contributed by atoms with E-state index in [2.05, 4.69) is 26.5 Å². The summed E-state index contributed by atoms with van der Waals surface area (Å²) in [5, 5.41) is 21.4. The largest absolute Gasteiger partial charge is 0.507 e. The molecule has 1 atom stereocenters. The number of aromatic nitrogens is 3. The lowest BCUT2D eigenvalue weighted by Gasteiger charge is -2.14. The molecule has 1 aromatic heterocycles. The Morgan fingerprint density at radius 1 is 0.636 bits per heavy atom. The minimum Gasteiger partial charge on any atom is -0.507 e. The number of benzene rings is 3. The number of hydrogen-bond acceptors (Lipinski definition) is 7. The summed E-state index contributed by atoms with van der Waals surface area (Å²) in [7, 11) is 0. The number of aryl methyl sites for hydroxylation is 3. The van der Waals surface area contributed by atoms with E-state index in [0.717, 1.165) is 40.7 Å². The lowest BCUT2D eigenvalue weighted by molar-refractivity contribution is 0.0109. The van der Waals surface area contributed by atoms with Crippen LogP contribution in [-0.2, 0) is 4.74 Å². The van der Waals surface area contributed by atoms with Gasteiger partial charge in [-0.15, -0.1) is 6.58 Å². The Morgan fingerprint density at radius 3 is 1.65 bits per heavy atom. The smallest absolute Gasteiger partial charge is 0.167 e. The Labute approximate surface area is 334 Å². The van der Waals surface area contributed by atoms with E-state index in [9.17, 15) is 10.2 Å². The van der Waals surface area contributed by atoms with Gasteiger partial charge in [0.05, 0.1) is 12.2 Å². The molecule has 4 aromatic rings. The zero-order chi connectivity index (χ0) is 41.0. The van der Waals surface area contributed by atoms with Crippen LogP contribution in [0.1, 0.15) is 136 Å². The summed E-state index contributed by atoms with van der Waals surface area (Å²) in [5.41, 5.74) is 6.72. The zero-order valence-corrected chi connectivity index (χ0v) is 36.0. The normalized spacial score (nSPS) is 10.9. The van der Waals surface area contributed by atoms with Crippen LogP contribution in [0.15, 0.2) is 72.8 Å². The van der Waals surface area contributed by atoms with Gasteiger partial charge < -0.3 is 19.7 Å². The number of phenols is 1. The fourth-order valence-corrected chi connectivity index (χ4v) is 5.74. The third-order valence-corrected chi connectivity index (χ3v) is 8.50. The molecule has 55 heavy (non-hydrogen) atoms. The number of phenolic OH excluding ortho intramolecular Hbond substituents is 1. The average Bonchev–Trinajstić information content (AvgIpc) is 3.17. The Kier molecular flexibility index (Phi) is 26.0. The van der Waals surface area contributed by atoms with E-state index in [1.807, 2.05) is 91.8 Å². The predicted molar refractivity (Wildman–Crippen MR) is 234 cm³/mol. The summed E-state index contributed by atoms with van der Waals surface area (Å²) >= 11 is 0. The van der Waals surface area contributed by atoms with Crippen LogP contribution >= 0.6 is 0 Å². The minimum atomic E-state index is -0.759. The van der Waals surface area contributed by atoms with E-state index in [1.54, 1.807) is 12.1 Å². The maximum absolute atomic E-state index is 11.0. The Morgan fingerprint density at radius 2 is 1.13 bits per heavy atom. The molecule has 0 saturated carbocycles. The lowest BCUT2D eigenvalue weighted by Crippen LogP contribution is -2.23. The SMILES string of the molecule is C=C(C)C.CC.CC.CCCCCCCCCCCCCOCC(O)COc1ccc(-c2nc(-c3ccccc3C)nc(-c3ccc(C)cc3C)n2)c(O)c1. The summed E-state index contributed by atoms with van der Waals surface area (Å²) in [5.74, 6) is 1.88. The molecule has 7 heteroatoms. The molecule has 0 amide bonds. The van der Waals surface area contributed by atoms with Crippen LogP contribution < -0.4 is 4.74 Å². The molecule has 0 saturated heterocycles. The maximum Gasteiger partial charge on any atom is 0.167 e. The number of aromatic hydroxyl groups is 1. The number of unbranched alkanes of at least 4 members (excludes halogenated alkanes) is 10. The average molecular weight is 756 g/mol. The molecular formula is C48H73N3O4. The molecule has 304 valence electrons. The van der Waals surface area contributed by atoms with Gasteiger partial charge in [0.15, 0.2) is 17.5 Å². The van der Waals surface area contributed by atoms with E-state index in [1.165, 1.54) is 69.4 Å². The van der Waals surface area contributed by atoms with Gasteiger partial charge in [0.1, 0.15) is 24.2 Å². The first-order valence-electron chi connectivity index (χ1n) is 20.8. The van der Waals surface area contributed by atoms with Crippen LogP contribution in [-0.4, -0.2) is 51.1 Å². The quantitative estimate of drug-likeness (QED) is 0.0684. The minimum absolute atomic E-state index is 0.0155. The summed E-state index contributed by atoms with van der Waals surface area (Å²) < 4.78 is 11.5. The highest BCUT2D eigenvalue weighted by atomic mass is 16.5. The van der Waals surface area contributed by atoms with Crippen molar-refractivity contribution < 1.29 is 19.7 Å². The highest BCUT2D eigenvalue weighted by molar-refractivity contribution is 5.72. The van der Waals surface area contributed by atoms with Crippen molar-refractivity contribution in [1.29, 1.82) is 0 Å². The van der Waals surface area contributed by atoms with Crippen molar-refractivity contribution in [3.8, 4) is 45.7 Å². The highest BCUT2D eigenvalue weighted by Gasteiger charge is 2.17. The molecule has 1 unspecified atom stereocenters. The van der Waals surface area contributed by atoms with Crippen LogP contribution in [0.3, 0.4) is 0 Å². The van der Waals surface area contributed by atoms with E-state index in [0.29, 0.717) is 35.4 Å². The van der Waals surface area contributed by atoms with E-state index in [4.69, 9.17) is 24.4 Å². The van der Waals surface area contributed by atoms with E-state index in [-0.39, 0.29) is 19.0 Å².